The number of likely N-dealkylation sites (tertiary alicyclic amines) is 1. The molecule has 2 aliphatic rings. The van der Waals surface area contributed by atoms with Crippen molar-refractivity contribution in [1.82, 2.24) is 14.7 Å². The maximum Gasteiger partial charge on any atom is 0.123 e. The molecule has 122 valence electrons. The summed E-state index contributed by atoms with van der Waals surface area (Å²) in [5.41, 5.74) is 4.68. The number of aliphatic hydroxyl groups excluding tert-OH is 1. The number of aromatic nitrogens is 2. The molecule has 1 aliphatic heterocycles. The number of hydrogen-bond acceptors (Lipinski definition) is 3. The number of halogens is 1. The van der Waals surface area contributed by atoms with Gasteiger partial charge in [0, 0.05) is 18.3 Å². The lowest BCUT2D eigenvalue weighted by Crippen LogP contribution is -2.32. The molecule has 0 spiro atoms. The smallest absolute Gasteiger partial charge is 0.123 e. The molecular formula is C18H22FN3O. The summed E-state index contributed by atoms with van der Waals surface area (Å²) in [5, 5.41) is 14.3. The van der Waals surface area contributed by atoms with Crippen molar-refractivity contribution >= 4 is 0 Å². The molecule has 1 fully saturated rings. The Kier molecular flexibility index (Phi) is 3.91. The van der Waals surface area contributed by atoms with Gasteiger partial charge in [-0.15, -0.1) is 0 Å². The summed E-state index contributed by atoms with van der Waals surface area (Å²) in [5.74, 6) is -0.222. The highest BCUT2D eigenvalue weighted by Gasteiger charge is 2.28. The Hall–Kier alpha value is -1.72. The van der Waals surface area contributed by atoms with Crippen LogP contribution in [0.5, 0.6) is 0 Å². The van der Waals surface area contributed by atoms with Gasteiger partial charge in [-0.3, -0.25) is 4.90 Å². The van der Waals surface area contributed by atoms with E-state index in [-0.39, 0.29) is 18.5 Å². The number of fused-ring (bicyclic) bond motifs is 1. The first-order valence-corrected chi connectivity index (χ1v) is 8.47. The zero-order valence-electron chi connectivity index (χ0n) is 13.2. The van der Waals surface area contributed by atoms with Crippen molar-refractivity contribution in [2.75, 3.05) is 13.2 Å². The molecule has 5 heteroatoms. The molecule has 4 nitrogen and oxygen atoms in total. The van der Waals surface area contributed by atoms with Gasteiger partial charge in [0.05, 0.1) is 18.0 Å². The van der Waals surface area contributed by atoms with Crippen molar-refractivity contribution in [3.63, 3.8) is 0 Å². The third-order valence-corrected chi connectivity index (χ3v) is 5.15. The molecule has 0 unspecified atom stereocenters. The summed E-state index contributed by atoms with van der Waals surface area (Å²) in [6.07, 6.45) is 5.47. The summed E-state index contributed by atoms with van der Waals surface area (Å²) in [6.45, 7) is 2.06. The Morgan fingerprint density at radius 1 is 1.17 bits per heavy atom. The molecule has 1 aliphatic carbocycles. The van der Waals surface area contributed by atoms with E-state index in [0.29, 0.717) is 0 Å². The highest BCUT2D eigenvalue weighted by molar-refractivity contribution is 5.40. The third-order valence-electron chi connectivity index (χ3n) is 5.15. The second-order valence-corrected chi connectivity index (χ2v) is 6.56. The lowest BCUT2D eigenvalue weighted by atomic mass is 10.2. The molecule has 0 bridgehead atoms. The lowest BCUT2D eigenvalue weighted by molar-refractivity contribution is 0.152. The Balaban J connectivity index is 1.66. The van der Waals surface area contributed by atoms with Crippen molar-refractivity contribution in [1.29, 1.82) is 0 Å². The Morgan fingerprint density at radius 2 is 2.00 bits per heavy atom. The Morgan fingerprint density at radius 3 is 2.78 bits per heavy atom. The molecule has 4 rings (SSSR count). The second-order valence-electron chi connectivity index (χ2n) is 6.56. The molecule has 1 saturated heterocycles. The van der Waals surface area contributed by atoms with Crippen LogP contribution in [0.2, 0.25) is 0 Å². The van der Waals surface area contributed by atoms with Gasteiger partial charge in [0.25, 0.3) is 0 Å². The van der Waals surface area contributed by atoms with Crippen LogP contribution in [-0.2, 0) is 19.4 Å². The molecule has 0 amide bonds. The van der Waals surface area contributed by atoms with Gasteiger partial charge in [0.2, 0.25) is 0 Å². The van der Waals surface area contributed by atoms with Gasteiger partial charge < -0.3 is 5.11 Å². The van der Waals surface area contributed by atoms with Crippen LogP contribution < -0.4 is 0 Å². The minimum absolute atomic E-state index is 0.222. The zero-order chi connectivity index (χ0) is 15.8. The maximum atomic E-state index is 13.2. The van der Waals surface area contributed by atoms with E-state index in [2.05, 4.69) is 4.90 Å². The highest BCUT2D eigenvalue weighted by Crippen LogP contribution is 2.30. The standard InChI is InChI=1S/C18H22FN3O/c19-13-6-8-14(9-7-13)22-18-5-1-4-16(18)17(20-22)11-21-10-2-3-15(21)12-23/h6-9,15,23H,1-5,10-12H2/t15-/m1/s1. The van der Waals surface area contributed by atoms with Gasteiger partial charge in [-0.05, 0) is 68.5 Å². The van der Waals surface area contributed by atoms with Crippen LogP contribution in [0.15, 0.2) is 24.3 Å². The zero-order valence-corrected chi connectivity index (χ0v) is 13.2. The number of rotatable bonds is 4. The van der Waals surface area contributed by atoms with Crippen LogP contribution in [0, 0.1) is 5.82 Å². The van der Waals surface area contributed by atoms with Crippen LogP contribution >= 0.6 is 0 Å². The van der Waals surface area contributed by atoms with Crippen molar-refractivity contribution in [3.05, 3.63) is 47.0 Å². The van der Waals surface area contributed by atoms with Gasteiger partial charge in [-0.25, -0.2) is 9.07 Å². The first kappa shape index (κ1) is 14.8. The summed E-state index contributed by atoms with van der Waals surface area (Å²) < 4.78 is 15.2. The monoisotopic (exact) mass is 315 g/mol. The molecular weight excluding hydrogens is 293 g/mol. The van der Waals surface area contributed by atoms with Crippen LogP contribution in [0.1, 0.15) is 36.2 Å². The molecule has 1 atom stereocenters. The highest BCUT2D eigenvalue weighted by atomic mass is 19.1. The summed E-state index contributed by atoms with van der Waals surface area (Å²) in [6, 6.07) is 6.82. The maximum absolute atomic E-state index is 13.2. The van der Waals surface area contributed by atoms with E-state index >= 15 is 0 Å². The van der Waals surface area contributed by atoms with Gasteiger partial charge in [-0.2, -0.15) is 5.10 Å². The van der Waals surface area contributed by atoms with E-state index in [9.17, 15) is 9.50 Å². The van der Waals surface area contributed by atoms with Crippen molar-refractivity contribution in [3.8, 4) is 5.69 Å². The summed E-state index contributed by atoms with van der Waals surface area (Å²) in [4.78, 5) is 2.34. The molecule has 0 radical (unpaired) electrons. The number of benzene rings is 1. The third kappa shape index (κ3) is 2.68. The van der Waals surface area contributed by atoms with Gasteiger partial charge >= 0.3 is 0 Å². The van der Waals surface area contributed by atoms with Crippen LogP contribution in [0.3, 0.4) is 0 Å². The van der Waals surface area contributed by atoms with Gasteiger partial charge in [0.15, 0.2) is 0 Å². The van der Waals surface area contributed by atoms with Crippen LogP contribution in [-0.4, -0.2) is 39.0 Å². The minimum atomic E-state index is -0.222. The molecule has 0 saturated carbocycles. The van der Waals surface area contributed by atoms with Crippen molar-refractivity contribution < 1.29 is 9.50 Å². The second kappa shape index (κ2) is 6.06. The Bertz CT molecular complexity index is 695. The average Bonchev–Trinajstić information content (AvgIpc) is 3.26. The van der Waals surface area contributed by atoms with Gasteiger partial charge in [-0.1, -0.05) is 0 Å². The number of nitrogens with zero attached hydrogens (tertiary/aromatic N) is 3. The van der Waals surface area contributed by atoms with E-state index in [0.717, 1.165) is 56.6 Å². The van der Waals surface area contributed by atoms with E-state index in [4.69, 9.17) is 5.10 Å². The van der Waals surface area contributed by atoms with E-state index < -0.39 is 0 Å². The largest absolute Gasteiger partial charge is 0.395 e. The molecule has 1 aromatic heterocycles. The van der Waals surface area contributed by atoms with Crippen LogP contribution in [0.25, 0.3) is 5.69 Å². The number of hydrogen-bond donors (Lipinski definition) is 1. The lowest BCUT2D eigenvalue weighted by Gasteiger charge is -2.21. The molecule has 1 aromatic carbocycles. The topological polar surface area (TPSA) is 41.3 Å². The predicted octanol–water partition coefficient (Wildman–Crippen LogP) is 2.46. The van der Waals surface area contributed by atoms with Crippen molar-refractivity contribution in [2.45, 2.75) is 44.7 Å². The van der Waals surface area contributed by atoms with E-state index in [1.807, 2.05) is 4.68 Å². The average molecular weight is 315 g/mol. The van der Waals surface area contributed by atoms with Crippen molar-refractivity contribution in [2.24, 2.45) is 0 Å². The summed E-state index contributed by atoms with van der Waals surface area (Å²) in [7, 11) is 0. The normalized spacial score (nSPS) is 21.0. The Labute approximate surface area is 135 Å². The van der Waals surface area contributed by atoms with E-state index in [1.165, 1.54) is 23.4 Å². The SMILES string of the molecule is OC[C@H]1CCCN1Cc1nn(-c2ccc(F)cc2)c2c1CCC2. The number of aliphatic hydroxyl groups is 1. The fourth-order valence-electron chi connectivity index (χ4n) is 3.94. The minimum Gasteiger partial charge on any atom is -0.395 e. The molecule has 2 heterocycles. The molecule has 23 heavy (non-hydrogen) atoms. The fraction of sp³-hybridized carbons (Fsp3) is 0.500. The molecule has 2 aromatic rings. The van der Waals surface area contributed by atoms with Crippen LogP contribution in [0.4, 0.5) is 4.39 Å². The predicted molar refractivity (Wildman–Crippen MR) is 86.1 cm³/mol. The fourth-order valence-corrected chi connectivity index (χ4v) is 3.94. The first-order chi connectivity index (χ1) is 11.3. The quantitative estimate of drug-likeness (QED) is 0.942. The summed E-state index contributed by atoms with van der Waals surface area (Å²) >= 11 is 0. The first-order valence-electron chi connectivity index (χ1n) is 8.47. The van der Waals surface area contributed by atoms with Gasteiger partial charge in [0.1, 0.15) is 5.82 Å². The molecule has 1 N–H and O–H groups in total. The van der Waals surface area contributed by atoms with E-state index in [1.54, 1.807) is 12.1 Å².